The monoisotopic (exact) mass is 314 g/mol. The van der Waals surface area contributed by atoms with Crippen molar-refractivity contribution in [1.82, 2.24) is 10.2 Å². The standard InChI is InChI=1S/C15H26N2O5/c1-10(18)17-8-11(5-6-13(19)20)7-12(9-17)16-14(21)22-15(2,3)4/h11-12H,5-9H2,1-4H3,(H,16,21)(H,19,20). The maximum absolute atomic E-state index is 11.8. The second-order valence-corrected chi connectivity index (χ2v) is 6.80. The van der Waals surface area contributed by atoms with Gasteiger partial charge in [-0.15, -0.1) is 0 Å². The number of aliphatic carboxylic acids is 1. The van der Waals surface area contributed by atoms with Gasteiger partial charge in [-0.25, -0.2) is 4.79 Å². The fourth-order valence-corrected chi connectivity index (χ4v) is 2.58. The van der Waals surface area contributed by atoms with Crippen LogP contribution in [0.2, 0.25) is 0 Å². The second kappa shape index (κ2) is 7.47. The average molecular weight is 314 g/mol. The van der Waals surface area contributed by atoms with E-state index in [1.165, 1.54) is 6.92 Å². The zero-order valence-electron chi connectivity index (χ0n) is 13.7. The molecule has 0 bridgehead atoms. The minimum absolute atomic E-state index is 0.0636. The highest BCUT2D eigenvalue weighted by Gasteiger charge is 2.30. The number of hydrogen-bond acceptors (Lipinski definition) is 4. The van der Waals surface area contributed by atoms with E-state index in [1.807, 2.05) is 0 Å². The second-order valence-electron chi connectivity index (χ2n) is 6.80. The van der Waals surface area contributed by atoms with Gasteiger partial charge < -0.3 is 20.1 Å². The van der Waals surface area contributed by atoms with E-state index in [4.69, 9.17) is 9.84 Å². The predicted octanol–water partition coefficient (Wildman–Crippen LogP) is 1.61. The molecule has 2 unspecified atom stereocenters. The Morgan fingerprint density at radius 1 is 1.27 bits per heavy atom. The Morgan fingerprint density at radius 2 is 1.91 bits per heavy atom. The highest BCUT2D eigenvalue weighted by atomic mass is 16.6. The summed E-state index contributed by atoms with van der Waals surface area (Å²) in [6.45, 7) is 7.79. The Kier molecular flexibility index (Phi) is 6.20. The maximum Gasteiger partial charge on any atom is 0.407 e. The number of amides is 2. The van der Waals surface area contributed by atoms with E-state index in [-0.39, 0.29) is 24.3 Å². The molecule has 1 saturated heterocycles. The molecule has 1 fully saturated rings. The summed E-state index contributed by atoms with van der Waals surface area (Å²) in [5.41, 5.74) is -0.582. The molecule has 1 aliphatic rings. The van der Waals surface area contributed by atoms with Crippen LogP contribution < -0.4 is 5.32 Å². The molecular formula is C15H26N2O5. The quantitative estimate of drug-likeness (QED) is 0.822. The van der Waals surface area contributed by atoms with Crippen LogP contribution in [-0.2, 0) is 14.3 Å². The SMILES string of the molecule is CC(=O)N1CC(CCC(=O)O)CC(NC(=O)OC(C)(C)C)C1. The van der Waals surface area contributed by atoms with Gasteiger partial charge in [0.1, 0.15) is 5.60 Å². The molecular weight excluding hydrogens is 288 g/mol. The van der Waals surface area contributed by atoms with Crippen LogP contribution in [0.4, 0.5) is 4.79 Å². The van der Waals surface area contributed by atoms with E-state index in [1.54, 1.807) is 25.7 Å². The van der Waals surface area contributed by atoms with Gasteiger partial charge in [0.05, 0.1) is 6.04 Å². The number of rotatable bonds is 4. The molecule has 2 amide bonds. The van der Waals surface area contributed by atoms with Crippen molar-refractivity contribution in [3.05, 3.63) is 0 Å². The van der Waals surface area contributed by atoms with Crippen molar-refractivity contribution in [2.24, 2.45) is 5.92 Å². The third-order valence-electron chi connectivity index (χ3n) is 3.47. The van der Waals surface area contributed by atoms with E-state index in [9.17, 15) is 14.4 Å². The molecule has 0 aromatic carbocycles. The normalized spacial score (nSPS) is 22.1. The zero-order chi connectivity index (χ0) is 16.9. The summed E-state index contributed by atoms with van der Waals surface area (Å²) in [6.07, 6.45) is 0.692. The van der Waals surface area contributed by atoms with Gasteiger partial charge in [-0.3, -0.25) is 9.59 Å². The van der Waals surface area contributed by atoms with Crippen molar-refractivity contribution < 1.29 is 24.2 Å². The number of piperidine rings is 1. The zero-order valence-corrected chi connectivity index (χ0v) is 13.7. The smallest absolute Gasteiger partial charge is 0.407 e. The van der Waals surface area contributed by atoms with Crippen LogP contribution >= 0.6 is 0 Å². The summed E-state index contributed by atoms with van der Waals surface area (Å²) in [6, 6.07) is -0.216. The lowest BCUT2D eigenvalue weighted by atomic mass is 9.90. The molecule has 22 heavy (non-hydrogen) atoms. The van der Waals surface area contributed by atoms with Gasteiger partial charge in [-0.05, 0) is 39.5 Å². The van der Waals surface area contributed by atoms with Crippen LogP contribution in [-0.4, -0.2) is 52.7 Å². The number of ether oxygens (including phenoxy) is 1. The summed E-state index contributed by atoms with van der Waals surface area (Å²) < 4.78 is 5.22. The third-order valence-corrected chi connectivity index (χ3v) is 3.47. The van der Waals surface area contributed by atoms with Gasteiger partial charge in [-0.1, -0.05) is 0 Å². The molecule has 2 N–H and O–H groups in total. The Morgan fingerprint density at radius 3 is 2.41 bits per heavy atom. The van der Waals surface area contributed by atoms with Gasteiger partial charge in [-0.2, -0.15) is 0 Å². The van der Waals surface area contributed by atoms with E-state index < -0.39 is 17.7 Å². The summed E-state index contributed by atoms with van der Waals surface area (Å²) >= 11 is 0. The lowest BCUT2D eigenvalue weighted by molar-refractivity contribution is -0.137. The molecule has 0 radical (unpaired) electrons. The largest absolute Gasteiger partial charge is 0.481 e. The van der Waals surface area contributed by atoms with E-state index in [2.05, 4.69) is 5.32 Å². The van der Waals surface area contributed by atoms with Gasteiger partial charge in [0.15, 0.2) is 0 Å². The molecule has 0 aromatic rings. The van der Waals surface area contributed by atoms with Crippen LogP contribution in [0, 0.1) is 5.92 Å². The Labute approximate surface area is 131 Å². The first kappa shape index (κ1) is 18.3. The maximum atomic E-state index is 11.8. The van der Waals surface area contributed by atoms with Crippen molar-refractivity contribution in [1.29, 1.82) is 0 Å². The van der Waals surface area contributed by atoms with Crippen molar-refractivity contribution in [2.75, 3.05) is 13.1 Å². The summed E-state index contributed by atoms with van der Waals surface area (Å²) in [5, 5.41) is 11.6. The number of alkyl carbamates (subject to hydrolysis) is 1. The van der Waals surface area contributed by atoms with Crippen molar-refractivity contribution in [3.63, 3.8) is 0 Å². The van der Waals surface area contributed by atoms with Crippen molar-refractivity contribution in [2.45, 2.75) is 58.6 Å². The molecule has 0 saturated carbocycles. The minimum atomic E-state index is -0.850. The molecule has 0 aromatic heterocycles. The van der Waals surface area contributed by atoms with Gasteiger partial charge in [0.2, 0.25) is 5.91 Å². The average Bonchev–Trinajstić information content (AvgIpc) is 2.33. The van der Waals surface area contributed by atoms with Crippen LogP contribution in [0.15, 0.2) is 0 Å². The first-order valence-corrected chi connectivity index (χ1v) is 7.53. The number of nitrogens with one attached hydrogen (secondary N) is 1. The fraction of sp³-hybridized carbons (Fsp3) is 0.800. The van der Waals surface area contributed by atoms with Crippen LogP contribution in [0.3, 0.4) is 0 Å². The summed E-state index contributed by atoms with van der Waals surface area (Å²) in [5.74, 6) is -0.860. The van der Waals surface area contributed by atoms with E-state index >= 15 is 0 Å². The van der Waals surface area contributed by atoms with E-state index in [0.717, 1.165) is 0 Å². The van der Waals surface area contributed by atoms with Crippen molar-refractivity contribution >= 4 is 18.0 Å². The van der Waals surface area contributed by atoms with Crippen molar-refractivity contribution in [3.8, 4) is 0 Å². The first-order valence-electron chi connectivity index (χ1n) is 7.53. The Hall–Kier alpha value is -1.79. The molecule has 2 atom stereocenters. The third kappa shape index (κ3) is 6.78. The minimum Gasteiger partial charge on any atom is -0.481 e. The van der Waals surface area contributed by atoms with Crippen LogP contribution in [0.5, 0.6) is 0 Å². The molecule has 1 heterocycles. The van der Waals surface area contributed by atoms with Gasteiger partial charge in [0, 0.05) is 26.4 Å². The number of carbonyl (C=O) groups is 3. The number of nitrogens with zero attached hydrogens (tertiary/aromatic N) is 1. The Balaban J connectivity index is 2.62. The molecule has 0 aliphatic carbocycles. The molecule has 126 valence electrons. The number of carbonyl (C=O) groups excluding carboxylic acids is 2. The molecule has 1 aliphatic heterocycles. The molecule has 7 nitrogen and oxygen atoms in total. The van der Waals surface area contributed by atoms with E-state index in [0.29, 0.717) is 25.9 Å². The number of hydrogen-bond donors (Lipinski definition) is 2. The predicted molar refractivity (Wildman–Crippen MR) is 80.4 cm³/mol. The van der Waals surface area contributed by atoms with Crippen LogP contribution in [0.25, 0.3) is 0 Å². The topological polar surface area (TPSA) is 95.9 Å². The molecule has 7 heteroatoms. The number of carboxylic acid groups (broad SMARTS) is 1. The summed E-state index contributed by atoms with van der Waals surface area (Å²) in [4.78, 5) is 35.8. The number of likely N-dealkylation sites (tertiary alicyclic amines) is 1. The molecule has 1 rings (SSSR count). The summed E-state index contributed by atoms with van der Waals surface area (Å²) in [7, 11) is 0. The van der Waals surface area contributed by atoms with Gasteiger partial charge >= 0.3 is 12.1 Å². The highest BCUT2D eigenvalue weighted by molar-refractivity contribution is 5.74. The van der Waals surface area contributed by atoms with Crippen LogP contribution in [0.1, 0.15) is 47.0 Å². The lowest BCUT2D eigenvalue weighted by Gasteiger charge is -2.37. The highest BCUT2D eigenvalue weighted by Crippen LogP contribution is 2.22. The first-order chi connectivity index (χ1) is 10.1. The van der Waals surface area contributed by atoms with Gasteiger partial charge in [0.25, 0.3) is 0 Å². The molecule has 0 spiro atoms. The number of carboxylic acids is 1. The lowest BCUT2D eigenvalue weighted by Crippen LogP contribution is -2.52. The Bertz CT molecular complexity index is 430. The fourth-order valence-electron chi connectivity index (χ4n) is 2.58.